The van der Waals surface area contributed by atoms with Gasteiger partial charge in [0.05, 0.1) is 18.0 Å². The van der Waals surface area contributed by atoms with Crippen molar-refractivity contribution in [3.63, 3.8) is 0 Å². The minimum absolute atomic E-state index is 0.0628. The van der Waals surface area contributed by atoms with E-state index < -0.39 is 0 Å². The predicted molar refractivity (Wildman–Crippen MR) is 138 cm³/mol. The van der Waals surface area contributed by atoms with Crippen molar-refractivity contribution in [2.24, 2.45) is 0 Å². The van der Waals surface area contributed by atoms with Gasteiger partial charge in [0.1, 0.15) is 5.75 Å². The van der Waals surface area contributed by atoms with E-state index in [0.717, 1.165) is 54.6 Å². The molecule has 0 aliphatic carbocycles. The molecule has 0 saturated carbocycles. The Morgan fingerprint density at radius 1 is 1.00 bits per heavy atom. The second-order valence-corrected chi connectivity index (χ2v) is 10.1. The molecule has 0 spiro atoms. The molecule has 34 heavy (non-hydrogen) atoms. The Labute approximate surface area is 205 Å². The zero-order chi connectivity index (χ0) is 24.1. The van der Waals surface area contributed by atoms with E-state index >= 15 is 0 Å². The number of hydrogen-bond donors (Lipinski definition) is 1. The van der Waals surface area contributed by atoms with Gasteiger partial charge in [-0.1, -0.05) is 55.9 Å². The van der Waals surface area contributed by atoms with Crippen molar-refractivity contribution in [1.82, 2.24) is 14.8 Å². The lowest BCUT2D eigenvalue weighted by atomic mass is 10.0. The van der Waals surface area contributed by atoms with Gasteiger partial charge < -0.3 is 15.0 Å². The maximum Gasteiger partial charge on any atom is 0.237 e. The summed E-state index contributed by atoms with van der Waals surface area (Å²) in [6, 6.07) is 15.8. The highest BCUT2D eigenvalue weighted by atomic mass is 32.2. The van der Waals surface area contributed by atoms with Crippen LogP contribution in [0.25, 0.3) is 5.69 Å². The van der Waals surface area contributed by atoms with Crippen LogP contribution in [0.2, 0.25) is 0 Å². The maximum absolute atomic E-state index is 13.1. The number of carbonyl (C=O) groups excluding carboxylic acids is 1. The largest absolute Gasteiger partial charge is 0.495 e. The fourth-order valence-corrected chi connectivity index (χ4v) is 5.08. The molecule has 0 radical (unpaired) electrons. The highest BCUT2D eigenvalue weighted by Crippen LogP contribution is 2.34. The van der Waals surface area contributed by atoms with Crippen molar-refractivity contribution in [1.29, 1.82) is 0 Å². The number of rotatable bonds is 8. The standard InChI is InChI=1S/C26H33N5O2S/c1-18(2)20-12-6-7-13-21(20)27-24(32)19(3)34-26-29-28-25(30-16-10-5-11-17-30)31(26)22-14-8-9-15-23(22)33-4/h6-9,12-15,18-19H,5,10-11,16-17H2,1-4H3,(H,27,32). The number of ether oxygens (including phenoxy) is 1. The van der Waals surface area contributed by atoms with Gasteiger partial charge in [0, 0.05) is 18.8 Å². The first-order chi connectivity index (χ1) is 16.5. The maximum atomic E-state index is 13.1. The number of anilines is 2. The summed E-state index contributed by atoms with van der Waals surface area (Å²) in [6.45, 7) is 8.04. The Balaban J connectivity index is 1.63. The number of para-hydroxylation sites is 3. The van der Waals surface area contributed by atoms with E-state index in [4.69, 9.17) is 4.74 Å². The van der Waals surface area contributed by atoms with Crippen molar-refractivity contribution < 1.29 is 9.53 Å². The van der Waals surface area contributed by atoms with Gasteiger partial charge in [0.2, 0.25) is 11.9 Å². The van der Waals surface area contributed by atoms with Crippen LogP contribution in [0.5, 0.6) is 5.75 Å². The van der Waals surface area contributed by atoms with Crippen LogP contribution in [-0.2, 0) is 4.79 Å². The number of nitrogens with zero attached hydrogens (tertiary/aromatic N) is 4. The van der Waals surface area contributed by atoms with Gasteiger partial charge in [0.25, 0.3) is 0 Å². The molecule has 1 N–H and O–H groups in total. The van der Waals surface area contributed by atoms with Crippen LogP contribution in [0.15, 0.2) is 53.7 Å². The molecule has 0 bridgehead atoms. The van der Waals surface area contributed by atoms with Crippen LogP contribution in [-0.4, -0.2) is 46.1 Å². The first kappa shape index (κ1) is 24.1. The molecule has 1 saturated heterocycles. The fraction of sp³-hybridized carbons (Fsp3) is 0.423. The molecular weight excluding hydrogens is 446 g/mol. The molecular formula is C26H33N5O2S. The Kier molecular flexibility index (Phi) is 7.77. The molecule has 2 heterocycles. The Morgan fingerprint density at radius 2 is 1.71 bits per heavy atom. The first-order valence-corrected chi connectivity index (χ1v) is 12.8. The van der Waals surface area contributed by atoms with Crippen LogP contribution in [0.4, 0.5) is 11.6 Å². The third-order valence-electron chi connectivity index (χ3n) is 6.07. The highest BCUT2D eigenvalue weighted by Gasteiger charge is 2.26. The first-order valence-electron chi connectivity index (χ1n) is 11.9. The van der Waals surface area contributed by atoms with Crippen molar-refractivity contribution in [2.75, 3.05) is 30.4 Å². The number of benzene rings is 2. The molecule has 1 amide bonds. The molecule has 7 nitrogen and oxygen atoms in total. The van der Waals surface area contributed by atoms with Crippen LogP contribution < -0.4 is 15.0 Å². The van der Waals surface area contributed by atoms with Crippen LogP contribution in [0.3, 0.4) is 0 Å². The fourth-order valence-electron chi connectivity index (χ4n) is 4.22. The molecule has 1 unspecified atom stereocenters. The van der Waals surface area contributed by atoms with Gasteiger partial charge in [-0.05, 0) is 55.9 Å². The summed E-state index contributed by atoms with van der Waals surface area (Å²) >= 11 is 1.41. The zero-order valence-corrected chi connectivity index (χ0v) is 21.1. The molecule has 1 fully saturated rings. The van der Waals surface area contributed by atoms with Crippen LogP contribution in [0, 0.1) is 0 Å². The SMILES string of the molecule is COc1ccccc1-n1c(SC(C)C(=O)Nc2ccccc2C(C)C)nnc1N1CCCCC1. The molecule has 1 aliphatic heterocycles. The third-order valence-corrected chi connectivity index (χ3v) is 7.12. The topological polar surface area (TPSA) is 72.3 Å². The predicted octanol–water partition coefficient (Wildman–Crippen LogP) is 5.51. The number of aromatic nitrogens is 3. The van der Waals surface area contributed by atoms with Gasteiger partial charge in [-0.25, -0.2) is 0 Å². The summed E-state index contributed by atoms with van der Waals surface area (Å²) in [4.78, 5) is 15.4. The Hall–Kier alpha value is -3.00. The molecule has 1 atom stereocenters. The average Bonchev–Trinajstić information content (AvgIpc) is 3.27. The van der Waals surface area contributed by atoms with E-state index in [1.165, 1.54) is 18.2 Å². The van der Waals surface area contributed by atoms with Gasteiger partial charge in [-0.3, -0.25) is 9.36 Å². The average molecular weight is 480 g/mol. The number of nitrogens with one attached hydrogen (secondary N) is 1. The molecule has 2 aromatic carbocycles. The monoisotopic (exact) mass is 479 g/mol. The summed E-state index contributed by atoms with van der Waals surface area (Å²) in [5.41, 5.74) is 2.85. The Morgan fingerprint density at radius 3 is 2.44 bits per heavy atom. The molecule has 3 aromatic rings. The number of thioether (sulfide) groups is 1. The Bertz CT molecular complexity index is 1120. The number of carbonyl (C=O) groups is 1. The highest BCUT2D eigenvalue weighted by molar-refractivity contribution is 8.00. The molecule has 4 rings (SSSR count). The molecule has 180 valence electrons. The summed E-state index contributed by atoms with van der Waals surface area (Å²) in [6.07, 6.45) is 3.50. The van der Waals surface area contributed by atoms with Crippen LogP contribution in [0.1, 0.15) is 51.5 Å². The second kappa shape index (κ2) is 11.0. The van der Waals surface area contributed by atoms with E-state index in [-0.39, 0.29) is 11.2 Å². The number of methoxy groups -OCH3 is 1. The zero-order valence-electron chi connectivity index (χ0n) is 20.3. The number of hydrogen-bond acceptors (Lipinski definition) is 6. The third kappa shape index (κ3) is 5.22. The second-order valence-electron chi connectivity index (χ2n) is 8.83. The minimum atomic E-state index is -0.368. The quantitative estimate of drug-likeness (QED) is 0.430. The van der Waals surface area contributed by atoms with E-state index in [0.29, 0.717) is 11.1 Å². The van der Waals surface area contributed by atoms with Crippen molar-refractivity contribution in [3.05, 3.63) is 54.1 Å². The number of piperidine rings is 1. The minimum Gasteiger partial charge on any atom is -0.495 e. The molecule has 8 heteroatoms. The lowest BCUT2D eigenvalue weighted by molar-refractivity contribution is -0.115. The van der Waals surface area contributed by atoms with Gasteiger partial charge in [0.15, 0.2) is 5.16 Å². The summed E-state index contributed by atoms with van der Waals surface area (Å²) in [7, 11) is 1.67. The van der Waals surface area contributed by atoms with E-state index in [1.54, 1.807) is 7.11 Å². The van der Waals surface area contributed by atoms with Gasteiger partial charge in [-0.15, -0.1) is 10.2 Å². The number of amides is 1. The van der Waals surface area contributed by atoms with Crippen molar-refractivity contribution >= 4 is 29.3 Å². The van der Waals surface area contributed by atoms with Crippen molar-refractivity contribution in [2.45, 2.75) is 56.4 Å². The summed E-state index contributed by atoms with van der Waals surface area (Å²) in [5, 5.41) is 12.5. The summed E-state index contributed by atoms with van der Waals surface area (Å²) in [5.74, 6) is 1.79. The molecule has 1 aromatic heterocycles. The van der Waals surface area contributed by atoms with E-state index in [2.05, 4.69) is 40.3 Å². The lowest BCUT2D eigenvalue weighted by Crippen LogP contribution is -2.32. The van der Waals surface area contributed by atoms with Crippen LogP contribution >= 0.6 is 11.8 Å². The summed E-state index contributed by atoms with van der Waals surface area (Å²) < 4.78 is 7.68. The van der Waals surface area contributed by atoms with Crippen molar-refractivity contribution in [3.8, 4) is 11.4 Å². The normalized spacial score (nSPS) is 14.8. The van der Waals surface area contributed by atoms with E-state index in [9.17, 15) is 4.79 Å². The smallest absolute Gasteiger partial charge is 0.237 e. The van der Waals surface area contributed by atoms with E-state index in [1.807, 2.05) is 54.0 Å². The van der Waals surface area contributed by atoms with Gasteiger partial charge >= 0.3 is 0 Å². The molecule has 1 aliphatic rings. The van der Waals surface area contributed by atoms with Gasteiger partial charge in [-0.2, -0.15) is 0 Å². The lowest BCUT2D eigenvalue weighted by Gasteiger charge is -2.28.